The minimum atomic E-state index is -1.12. The van der Waals surface area contributed by atoms with Crippen LogP contribution in [-0.4, -0.2) is 23.0 Å². The first kappa shape index (κ1) is 24.4. The first-order valence-corrected chi connectivity index (χ1v) is 11.4. The number of hydrogen-bond donors (Lipinski definition) is 1. The van der Waals surface area contributed by atoms with Gasteiger partial charge in [0.1, 0.15) is 0 Å². The van der Waals surface area contributed by atoms with Crippen molar-refractivity contribution >= 4 is 40.7 Å². The molecule has 1 aromatic heterocycles. The van der Waals surface area contributed by atoms with E-state index < -0.39 is 5.60 Å². The summed E-state index contributed by atoms with van der Waals surface area (Å²) in [4.78, 5) is 17.1. The number of carbonyl (C=O) groups excluding carboxylic acids is 1. The summed E-state index contributed by atoms with van der Waals surface area (Å²) in [5, 5.41) is 4.88. The summed E-state index contributed by atoms with van der Waals surface area (Å²) in [6.45, 7) is 5.94. The fraction of sp³-hybridized carbons (Fsp3) is 0.280. The van der Waals surface area contributed by atoms with Crippen LogP contribution in [0.2, 0.25) is 15.1 Å². The molecular formula is C25H25Cl3N2O2. The first-order chi connectivity index (χ1) is 15.2. The molecule has 1 N–H and O–H groups in total. The summed E-state index contributed by atoms with van der Waals surface area (Å²) in [6, 6.07) is 18.8. The van der Waals surface area contributed by atoms with Crippen LogP contribution in [0.1, 0.15) is 43.7 Å². The van der Waals surface area contributed by atoms with Gasteiger partial charge in [0.2, 0.25) is 5.88 Å². The zero-order chi connectivity index (χ0) is 23.3. The van der Waals surface area contributed by atoms with E-state index in [1.165, 1.54) is 6.20 Å². The van der Waals surface area contributed by atoms with E-state index in [1.807, 2.05) is 48.5 Å². The molecule has 0 fully saturated rings. The summed E-state index contributed by atoms with van der Waals surface area (Å²) in [6.07, 6.45) is 1.48. The van der Waals surface area contributed by atoms with Crippen molar-refractivity contribution in [2.24, 2.45) is 0 Å². The molecule has 2 atom stereocenters. The van der Waals surface area contributed by atoms with E-state index in [0.717, 1.165) is 11.1 Å². The van der Waals surface area contributed by atoms with Crippen molar-refractivity contribution in [1.29, 1.82) is 0 Å². The van der Waals surface area contributed by atoms with Crippen molar-refractivity contribution in [3.05, 3.63) is 93.1 Å². The second kappa shape index (κ2) is 10.6. The molecule has 32 heavy (non-hydrogen) atoms. The van der Waals surface area contributed by atoms with Gasteiger partial charge in [-0.3, -0.25) is 4.79 Å². The van der Waals surface area contributed by atoms with E-state index in [4.69, 9.17) is 39.5 Å². The number of benzene rings is 2. The highest BCUT2D eigenvalue weighted by Gasteiger charge is 2.32. The van der Waals surface area contributed by atoms with E-state index >= 15 is 0 Å². The summed E-state index contributed by atoms with van der Waals surface area (Å²) < 4.78 is 5.82. The van der Waals surface area contributed by atoms with Crippen molar-refractivity contribution < 1.29 is 9.53 Å². The molecule has 0 radical (unpaired) electrons. The van der Waals surface area contributed by atoms with Gasteiger partial charge in [-0.25, -0.2) is 4.98 Å². The predicted molar refractivity (Wildman–Crippen MR) is 131 cm³/mol. The van der Waals surface area contributed by atoms with Gasteiger partial charge in [-0.1, -0.05) is 66.0 Å². The summed E-state index contributed by atoms with van der Waals surface area (Å²) in [7, 11) is 0. The Morgan fingerprint density at radius 2 is 1.66 bits per heavy atom. The third kappa shape index (κ3) is 6.38. The Hall–Kier alpha value is -2.27. The number of pyridine rings is 1. The average molecular weight is 492 g/mol. The molecule has 3 aromatic rings. The number of halogens is 3. The summed E-state index contributed by atoms with van der Waals surface area (Å²) >= 11 is 18.2. The van der Waals surface area contributed by atoms with Crippen LogP contribution in [0.25, 0.3) is 0 Å². The fourth-order valence-electron chi connectivity index (χ4n) is 3.47. The van der Waals surface area contributed by atoms with Gasteiger partial charge in [0.15, 0.2) is 5.60 Å². The number of nitrogens with zero attached hydrogens (tertiary/aromatic N) is 1. The van der Waals surface area contributed by atoms with Crippen LogP contribution >= 0.6 is 34.8 Å². The Labute approximate surface area is 203 Å². The van der Waals surface area contributed by atoms with Crippen molar-refractivity contribution in [2.75, 3.05) is 6.54 Å². The lowest BCUT2D eigenvalue weighted by atomic mass is 9.82. The van der Waals surface area contributed by atoms with Crippen molar-refractivity contribution in [3.8, 4) is 5.88 Å². The Bertz CT molecular complexity index is 1050. The lowest BCUT2D eigenvalue weighted by Gasteiger charge is -2.29. The monoisotopic (exact) mass is 490 g/mol. The minimum Gasteiger partial charge on any atom is -0.462 e. The molecule has 4 nitrogen and oxygen atoms in total. The fourth-order valence-corrected chi connectivity index (χ4v) is 3.90. The molecule has 0 aliphatic heterocycles. The van der Waals surface area contributed by atoms with Crippen molar-refractivity contribution in [1.82, 2.24) is 10.3 Å². The van der Waals surface area contributed by atoms with Crippen LogP contribution < -0.4 is 10.1 Å². The third-order valence-corrected chi connectivity index (χ3v) is 6.08. The zero-order valence-corrected chi connectivity index (χ0v) is 20.4. The van der Waals surface area contributed by atoms with Crippen LogP contribution in [0, 0.1) is 0 Å². The standard InChI is InChI=1S/C25H25Cl3N2O2/c1-16(17-7-9-19(26)10-8-17)22(18-5-4-6-20(27)13-18)15-30-24(31)25(2,3)32-23-12-11-21(28)14-29-23/h4-14,16,22H,15H2,1-3H3,(H,30,31). The number of nitrogens with one attached hydrogen (secondary N) is 1. The van der Waals surface area contributed by atoms with Gasteiger partial charge >= 0.3 is 0 Å². The maximum Gasteiger partial charge on any atom is 0.263 e. The zero-order valence-electron chi connectivity index (χ0n) is 18.1. The summed E-state index contributed by atoms with van der Waals surface area (Å²) in [5.41, 5.74) is 1.04. The molecule has 0 aliphatic rings. The minimum absolute atomic E-state index is 0.0108. The number of carbonyl (C=O) groups is 1. The van der Waals surface area contributed by atoms with E-state index in [1.54, 1.807) is 26.0 Å². The van der Waals surface area contributed by atoms with Gasteiger partial charge < -0.3 is 10.1 Å². The van der Waals surface area contributed by atoms with Gasteiger partial charge in [0.25, 0.3) is 5.91 Å². The lowest BCUT2D eigenvalue weighted by Crippen LogP contribution is -2.48. The molecule has 0 bridgehead atoms. The van der Waals surface area contributed by atoms with E-state index in [0.29, 0.717) is 27.5 Å². The molecular weight excluding hydrogens is 467 g/mol. The van der Waals surface area contributed by atoms with Gasteiger partial charge in [-0.05, 0) is 61.2 Å². The predicted octanol–water partition coefficient (Wildman–Crippen LogP) is 6.90. The first-order valence-electron chi connectivity index (χ1n) is 10.3. The van der Waals surface area contributed by atoms with Crippen molar-refractivity contribution in [2.45, 2.75) is 38.2 Å². The van der Waals surface area contributed by atoms with Crippen LogP contribution in [0.3, 0.4) is 0 Å². The molecule has 168 valence electrons. The van der Waals surface area contributed by atoms with E-state index in [9.17, 15) is 4.79 Å². The van der Waals surface area contributed by atoms with Gasteiger partial charge in [0, 0.05) is 34.8 Å². The number of hydrogen-bond acceptors (Lipinski definition) is 3. The number of amides is 1. The highest BCUT2D eigenvalue weighted by molar-refractivity contribution is 6.31. The smallest absolute Gasteiger partial charge is 0.263 e. The molecule has 1 amide bonds. The SMILES string of the molecule is CC(c1ccc(Cl)cc1)C(CNC(=O)C(C)(C)Oc1ccc(Cl)cn1)c1cccc(Cl)c1. The van der Waals surface area contributed by atoms with Crippen LogP contribution in [0.4, 0.5) is 0 Å². The van der Waals surface area contributed by atoms with Crippen molar-refractivity contribution in [3.63, 3.8) is 0 Å². The maximum absolute atomic E-state index is 13.0. The Balaban J connectivity index is 1.77. The normalized spacial score (nSPS) is 13.3. The Morgan fingerprint density at radius 1 is 0.969 bits per heavy atom. The molecule has 0 saturated heterocycles. The highest BCUT2D eigenvalue weighted by atomic mass is 35.5. The second-order valence-corrected chi connectivity index (χ2v) is 9.45. The van der Waals surface area contributed by atoms with Gasteiger partial charge in [-0.2, -0.15) is 0 Å². The van der Waals surface area contributed by atoms with E-state index in [-0.39, 0.29) is 17.7 Å². The average Bonchev–Trinajstić information content (AvgIpc) is 2.75. The van der Waals surface area contributed by atoms with E-state index in [2.05, 4.69) is 17.2 Å². The van der Waals surface area contributed by atoms with Crippen LogP contribution in [0.5, 0.6) is 5.88 Å². The molecule has 2 unspecified atom stereocenters. The number of aromatic nitrogens is 1. The molecule has 1 heterocycles. The molecule has 0 aliphatic carbocycles. The van der Waals surface area contributed by atoms with Crippen LogP contribution in [0.15, 0.2) is 66.9 Å². The number of rotatable bonds is 8. The summed E-state index contributed by atoms with van der Waals surface area (Å²) in [5.74, 6) is 0.177. The number of ether oxygens (including phenoxy) is 1. The maximum atomic E-state index is 13.0. The largest absolute Gasteiger partial charge is 0.462 e. The second-order valence-electron chi connectivity index (χ2n) is 8.14. The van der Waals surface area contributed by atoms with Gasteiger partial charge in [-0.15, -0.1) is 0 Å². The third-order valence-electron chi connectivity index (χ3n) is 5.37. The molecule has 0 saturated carbocycles. The van der Waals surface area contributed by atoms with Crippen LogP contribution in [-0.2, 0) is 4.79 Å². The quantitative estimate of drug-likeness (QED) is 0.373. The Kier molecular flexibility index (Phi) is 8.05. The topological polar surface area (TPSA) is 51.2 Å². The molecule has 0 spiro atoms. The highest BCUT2D eigenvalue weighted by Crippen LogP contribution is 2.34. The van der Waals surface area contributed by atoms with Gasteiger partial charge in [0.05, 0.1) is 5.02 Å². The molecule has 3 rings (SSSR count). The Morgan fingerprint density at radius 3 is 2.28 bits per heavy atom. The lowest BCUT2D eigenvalue weighted by molar-refractivity contribution is -0.134. The molecule has 7 heteroatoms. The molecule has 2 aromatic carbocycles.